The molecule has 2 amide bonds. The van der Waals surface area contributed by atoms with E-state index < -0.39 is 5.91 Å². The topological polar surface area (TPSA) is 101 Å². The highest BCUT2D eigenvalue weighted by Crippen LogP contribution is 2.24. The fraction of sp³-hybridized carbons (Fsp3) is 0.250. The highest BCUT2D eigenvalue weighted by atomic mass is 16.3. The molecule has 8 heteroatoms. The molecule has 0 aliphatic heterocycles. The molecule has 3 rings (SSSR count). The van der Waals surface area contributed by atoms with E-state index in [2.05, 4.69) is 10.4 Å². The third kappa shape index (κ3) is 3.81. The van der Waals surface area contributed by atoms with Gasteiger partial charge in [0.15, 0.2) is 5.76 Å². The number of anilines is 1. The van der Waals surface area contributed by atoms with Gasteiger partial charge in [0.25, 0.3) is 11.8 Å². The van der Waals surface area contributed by atoms with E-state index in [0.717, 1.165) is 11.1 Å². The lowest BCUT2D eigenvalue weighted by atomic mass is 10.1. The van der Waals surface area contributed by atoms with Crippen molar-refractivity contribution >= 4 is 17.6 Å². The number of aromatic nitrogens is 2. The predicted molar refractivity (Wildman–Crippen MR) is 104 cm³/mol. The van der Waals surface area contributed by atoms with Crippen LogP contribution < -0.4 is 5.32 Å². The number of aliphatic hydroxyl groups is 1. The minimum atomic E-state index is -0.491. The Bertz CT molecular complexity index is 992. The molecule has 0 saturated heterocycles. The summed E-state index contributed by atoms with van der Waals surface area (Å²) in [5.41, 5.74) is 3.11. The molecule has 0 aliphatic carbocycles. The summed E-state index contributed by atoms with van der Waals surface area (Å²) in [6.07, 6.45) is 2.81. The highest BCUT2D eigenvalue weighted by Gasteiger charge is 2.24. The van der Waals surface area contributed by atoms with E-state index in [0.29, 0.717) is 5.69 Å². The van der Waals surface area contributed by atoms with Crippen LogP contribution in [0.5, 0.6) is 0 Å². The molecule has 0 radical (unpaired) electrons. The number of benzene rings is 1. The van der Waals surface area contributed by atoms with Gasteiger partial charge < -0.3 is 19.7 Å². The van der Waals surface area contributed by atoms with E-state index in [4.69, 9.17) is 9.52 Å². The number of furan rings is 1. The quantitative estimate of drug-likeness (QED) is 0.682. The molecule has 8 nitrogen and oxygen atoms in total. The average Bonchev–Trinajstić information content (AvgIpc) is 3.34. The summed E-state index contributed by atoms with van der Waals surface area (Å²) in [5, 5.41) is 16.2. The van der Waals surface area contributed by atoms with Crippen LogP contribution in [0, 0.1) is 13.8 Å². The summed E-state index contributed by atoms with van der Waals surface area (Å²) < 4.78 is 6.65. The monoisotopic (exact) mass is 382 g/mol. The first-order chi connectivity index (χ1) is 13.4. The number of likely N-dealkylation sites (N-methyl/N-ethyl adjacent to an activating group) is 1. The first-order valence-corrected chi connectivity index (χ1v) is 8.79. The number of hydrogen-bond acceptors (Lipinski definition) is 5. The Morgan fingerprint density at radius 2 is 2.04 bits per heavy atom. The maximum Gasteiger partial charge on any atom is 0.292 e. The number of hydrogen-bond donors (Lipinski definition) is 2. The molecular formula is C20H22N4O4. The number of amides is 2. The van der Waals surface area contributed by atoms with Crippen molar-refractivity contribution in [2.75, 3.05) is 25.5 Å². The third-order valence-corrected chi connectivity index (χ3v) is 4.49. The lowest BCUT2D eigenvalue weighted by Crippen LogP contribution is -2.30. The molecule has 2 heterocycles. The Kier molecular flexibility index (Phi) is 5.60. The van der Waals surface area contributed by atoms with E-state index >= 15 is 0 Å². The second-order valence-electron chi connectivity index (χ2n) is 6.47. The van der Waals surface area contributed by atoms with Crippen molar-refractivity contribution in [1.82, 2.24) is 14.7 Å². The molecule has 146 valence electrons. The number of rotatable bonds is 6. The highest BCUT2D eigenvalue weighted by molar-refractivity contribution is 6.07. The van der Waals surface area contributed by atoms with Crippen LogP contribution in [0.2, 0.25) is 0 Å². The average molecular weight is 382 g/mol. The van der Waals surface area contributed by atoms with Crippen LogP contribution in [0.4, 0.5) is 5.82 Å². The van der Waals surface area contributed by atoms with Crippen molar-refractivity contribution in [3.05, 3.63) is 65.2 Å². The number of aliphatic hydroxyl groups excluding tert-OH is 1. The van der Waals surface area contributed by atoms with Gasteiger partial charge >= 0.3 is 0 Å². The van der Waals surface area contributed by atoms with E-state index in [1.54, 1.807) is 13.1 Å². The second-order valence-corrected chi connectivity index (χ2v) is 6.47. The van der Waals surface area contributed by atoms with Crippen LogP contribution in [0.3, 0.4) is 0 Å². The predicted octanol–water partition coefficient (Wildman–Crippen LogP) is 2.40. The Hall–Kier alpha value is -3.39. The maximum atomic E-state index is 12.8. The normalized spacial score (nSPS) is 10.7. The van der Waals surface area contributed by atoms with Gasteiger partial charge in [-0.2, -0.15) is 5.10 Å². The molecule has 2 N–H and O–H groups in total. The van der Waals surface area contributed by atoms with Crippen molar-refractivity contribution in [2.45, 2.75) is 13.8 Å². The van der Waals surface area contributed by atoms with Crippen molar-refractivity contribution in [1.29, 1.82) is 0 Å². The molecule has 0 aliphatic rings. The molecule has 1 aromatic carbocycles. The standard InChI is InChI=1S/C20H22N4O4/c1-13-6-7-15(11-14(13)2)24-18(22-19(26)17-5-4-10-28-17)16(12-21-24)20(27)23(3)8-9-25/h4-7,10-12,25H,8-9H2,1-3H3,(H,22,26). The molecule has 0 bridgehead atoms. The number of carbonyl (C=O) groups excluding carboxylic acids is 2. The van der Waals surface area contributed by atoms with Crippen LogP contribution in [0.15, 0.2) is 47.2 Å². The molecule has 2 aromatic heterocycles. The zero-order valence-electron chi connectivity index (χ0n) is 16.0. The van der Waals surface area contributed by atoms with Crippen LogP contribution in [0.25, 0.3) is 5.69 Å². The number of nitrogens with zero attached hydrogens (tertiary/aromatic N) is 3. The summed E-state index contributed by atoms with van der Waals surface area (Å²) >= 11 is 0. The molecular weight excluding hydrogens is 360 g/mol. The molecule has 28 heavy (non-hydrogen) atoms. The minimum absolute atomic E-state index is 0.120. The first-order valence-electron chi connectivity index (χ1n) is 8.79. The van der Waals surface area contributed by atoms with E-state index in [-0.39, 0.29) is 36.2 Å². The number of nitrogens with one attached hydrogen (secondary N) is 1. The van der Waals surface area contributed by atoms with Crippen molar-refractivity contribution in [3.63, 3.8) is 0 Å². The van der Waals surface area contributed by atoms with Crippen LogP contribution in [0.1, 0.15) is 32.0 Å². The molecule has 3 aromatic rings. The van der Waals surface area contributed by atoms with Crippen molar-refractivity contribution < 1.29 is 19.1 Å². The molecule has 0 unspecified atom stereocenters. The van der Waals surface area contributed by atoms with E-state index in [1.807, 2.05) is 32.0 Å². The minimum Gasteiger partial charge on any atom is -0.459 e. The van der Waals surface area contributed by atoms with Gasteiger partial charge in [0.05, 0.1) is 24.8 Å². The lowest BCUT2D eigenvalue weighted by Gasteiger charge is -2.16. The fourth-order valence-electron chi connectivity index (χ4n) is 2.71. The summed E-state index contributed by atoms with van der Waals surface area (Å²) in [5.74, 6) is -0.497. The summed E-state index contributed by atoms with van der Waals surface area (Å²) in [7, 11) is 1.57. The van der Waals surface area contributed by atoms with Crippen LogP contribution >= 0.6 is 0 Å². The second kappa shape index (κ2) is 8.10. The Morgan fingerprint density at radius 3 is 2.68 bits per heavy atom. The van der Waals surface area contributed by atoms with Gasteiger partial charge in [0.1, 0.15) is 11.4 Å². The fourth-order valence-corrected chi connectivity index (χ4v) is 2.71. The van der Waals surface area contributed by atoms with Gasteiger partial charge in [0, 0.05) is 13.6 Å². The van der Waals surface area contributed by atoms with Gasteiger partial charge in [-0.25, -0.2) is 4.68 Å². The molecule has 0 spiro atoms. The maximum absolute atomic E-state index is 12.8. The van der Waals surface area contributed by atoms with E-state index in [9.17, 15) is 9.59 Å². The van der Waals surface area contributed by atoms with E-state index in [1.165, 1.54) is 28.1 Å². The Morgan fingerprint density at radius 1 is 1.25 bits per heavy atom. The summed E-state index contributed by atoms with van der Waals surface area (Å²) in [6, 6.07) is 8.88. The molecule has 0 saturated carbocycles. The zero-order valence-corrected chi connectivity index (χ0v) is 16.0. The smallest absolute Gasteiger partial charge is 0.292 e. The largest absolute Gasteiger partial charge is 0.459 e. The van der Waals surface area contributed by atoms with Gasteiger partial charge in [0.2, 0.25) is 0 Å². The lowest BCUT2D eigenvalue weighted by molar-refractivity contribution is 0.0768. The molecule has 0 atom stereocenters. The summed E-state index contributed by atoms with van der Waals surface area (Å²) in [4.78, 5) is 26.7. The summed E-state index contributed by atoms with van der Waals surface area (Å²) in [6.45, 7) is 3.98. The number of carbonyl (C=O) groups is 2. The van der Waals surface area contributed by atoms with Gasteiger partial charge in [-0.05, 0) is 49.2 Å². The first kappa shape index (κ1) is 19.4. The van der Waals surface area contributed by atoms with Gasteiger partial charge in [-0.15, -0.1) is 0 Å². The number of aryl methyl sites for hydroxylation is 2. The van der Waals surface area contributed by atoms with Gasteiger partial charge in [-0.1, -0.05) is 6.07 Å². The SMILES string of the molecule is Cc1ccc(-n2ncc(C(=O)N(C)CCO)c2NC(=O)c2ccco2)cc1C. The Labute approximate surface area is 162 Å². The van der Waals surface area contributed by atoms with Crippen molar-refractivity contribution in [2.24, 2.45) is 0 Å². The molecule has 0 fully saturated rings. The van der Waals surface area contributed by atoms with Crippen LogP contribution in [-0.4, -0.2) is 51.8 Å². The van der Waals surface area contributed by atoms with Gasteiger partial charge in [-0.3, -0.25) is 9.59 Å². The third-order valence-electron chi connectivity index (χ3n) is 4.49. The van der Waals surface area contributed by atoms with Crippen molar-refractivity contribution in [3.8, 4) is 5.69 Å². The van der Waals surface area contributed by atoms with Crippen LogP contribution in [-0.2, 0) is 0 Å². The Balaban J connectivity index is 2.05. The zero-order chi connectivity index (χ0) is 20.3.